The first kappa shape index (κ1) is 23.2. The van der Waals surface area contributed by atoms with Gasteiger partial charge >= 0.3 is 0 Å². The largest absolute Gasteiger partial charge is 0.493 e. The van der Waals surface area contributed by atoms with Crippen LogP contribution in [-0.4, -0.2) is 46.2 Å². The number of amides is 2. The van der Waals surface area contributed by atoms with Gasteiger partial charge in [-0.3, -0.25) is 9.59 Å². The zero-order chi connectivity index (χ0) is 22.3. The summed E-state index contributed by atoms with van der Waals surface area (Å²) < 4.78 is 10.5. The molecule has 162 valence electrons. The van der Waals surface area contributed by atoms with Crippen LogP contribution < -0.4 is 25.0 Å². The minimum atomic E-state index is -0.127. The molecule has 0 saturated heterocycles. The first-order chi connectivity index (χ1) is 14.2. The number of benzene rings is 2. The molecule has 30 heavy (non-hydrogen) atoms. The number of hydrogen-bond acceptors (Lipinski definition) is 4. The number of likely N-dealkylation sites (N-methyl/N-ethyl adjacent to an activating group) is 1. The predicted molar refractivity (Wildman–Crippen MR) is 117 cm³/mol. The average molecular weight is 415 g/mol. The van der Waals surface area contributed by atoms with Gasteiger partial charge in [0.2, 0.25) is 0 Å². The summed E-state index contributed by atoms with van der Waals surface area (Å²) in [6.07, 6.45) is 0. The van der Waals surface area contributed by atoms with Crippen molar-refractivity contribution in [2.24, 2.45) is 0 Å². The molecule has 3 N–H and O–H groups in total. The van der Waals surface area contributed by atoms with Crippen molar-refractivity contribution in [3.05, 3.63) is 52.6 Å². The molecule has 7 heteroatoms. The fourth-order valence-electron chi connectivity index (χ4n) is 3.43. The Balaban J connectivity index is 1.84. The summed E-state index contributed by atoms with van der Waals surface area (Å²) in [6.45, 7) is 6.77. The van der Waals surface area contributed by atoms with Crippen LogP contribution in [0.3, 0.4) is 0 Å². The van der Waals surface area contributed by atoms with Gasteiger partial charge in [-0.2, -0.15) is 0 Å². The molecule has 0 aromatic heterocycles. The molecule has 0 heterocycles. The molecule has 1 unspecified atom stereocenters. The van der Waals surface area contributed by atoms with E-state index in [-0.39, 0.29) is 24.9 Å². The second-order valence-corrected chi connectivity index (χ2v) is 7.60. The van der Waals surface area contributed by atoms with Crippen molar-refractivity contribution >= 4 is 17.5 Å². The number of rotatable bonds is 9. The minimum Gasteiger partial charge on any atom is -0.493 e. The zero-order valence-electron chi connectivity index (χ0n) is 18.6. The Bertz CT molecular complexity index is 888. The molecule has 2 rings (SSSR count). The van der Waals surface area contributed by atoms with E-state index in [4.69, 9.17) is 9.47 Å². The van der Waals surface area contributed by atoms with E-state index in [2.05, 4.69) is 10.6 Å². The third kappa shape index (κ3) is 6.49. The Kier molecular flexibility index (Phi) is 8.24. The Morgan fingerprint density at radius 3 is 2.10 bits per heavy atom. The molecule has 1 atom stereocenters. The van der Waals surface area contributed by atoms with Crippen molar-refractivity contribution in [1.29, 1.82) is 0 Å². The van der Waals surface area contributed by atoms with Crippen molar-refractivity contribution < 1.29 is 24.0 Å². The second kappa shape index (κ2) is 10.6. The van der Waals surface area contributed by atoms with Crippen LogP contribution in [0.2, 0.25) is 0 Å². The van der Waals surface area contributed by atoms with Crippen LogP contribution in [0.25, 0.3) is 0 Å². The van der Waals surface area contributed by atoms with Gasteiger partial charge in [0.1, 0.15) is 0 Å². The average Bonchev–Trinajstić information content (AvgIpc) is 2.68. The molecule has 0 spiro atoms. The number of quaternary nitrogens is 1. The lowest BCUT2D eigenvalue weighted by Crippen LogP contribution is -3.11. The first-order valence-corrected chi connectivity index (χ1v) is 9.90. The lowest BCUT2D eigenvalue weighted by atomic mass is 10.1. The van der Waals surface area contributed by atoms with Gasteiger partial charge in [-0.05, 0) is 49.6 Å². The summed E-state index contributed by atoms with van der Waals surface area (Å²) in [5.41, 5.74) is 4.98. The summed E-state index contributed by atoms with van der Waals surface area (Å²) in [5.74, 6) is 1.01. The Hall–Kier alpha value is -3.06. The highest BCUT2D eigenvalue weighted by molar-refractivity contribution is 5.93. The molecule has 2 aromatic carbocycles. The second-order valence-electron chi connectivity index (χ2n) is 7.60. The van der Waals surface area contributed by atoms with Crippen molar-refractivity contribution in [1.82, 2.24) is 5.32 Å². The number of methoxy groups -OCH3 is 2. The van der Waals surface area contributed by atoms with E-state index in [9.17, 15) is 9.59 Å². The summed E-state index contributed by atoms with van der Waals surface area (Å²) in [5, 5.41) is 5.85. The maximum Gasteiger partial charge on any atom is 0.279 e. The molecular formula is C23H32N3O4+. The number of hydrogen-bond donors (Lipinski definition) is 3. The van der Waals surface area contributed by atoms with E-state index in [0.717, 1.165) is 32.8 Å². The predicted octanol–water partition coefficient (Wildman–Crippen LogP) is 1.40. The molecule has 0 radical (unpaired) electrons. The number of anilines is 1. The molecule has 0 aliphatic rings. The topological polar surface area (TPSA) is 81.1 Å². The van der Waals surface area contributed by atoms with Gasteiger partial charge in [0.15, 0.2) is 24.6 Å². The zero-order valence-corrected chi connectivity index (χ0v) is 18.6. The smallest absolute Gasteiger partial charge is 0.279 e. The fraction of sp³-hybridized carbons (Fsp3) is 0.391. The van der Waals surface area contributed by atoms with E-state index in [1.807, 2.05) is 52.1 Å². The summed E-state index contributed by atoms with van der Waals surface area (Å²) in [4.78, 5) is 25.5. The standard InChI is InChI=1S/C23H31N3O4/c1-15-9-16(2)23(17(3)10-15)25-22(28)14-26(4)13-21(27)24-12-18-7-8-19(29-5)20(11-18)30-6/h7-11H,12-14H2,1-6H3,(H,24,27)(H,25,28)/p+1. The van der Waals surface area contributed by atoms with Gasteiger partial charge in [-0.1, -0.05) is 23.8 Å². The van der Waals surface area contributed by atoms with Crippen LogP contribution in [0.4, 0.5) is 5.69 Å². The van der Waals surface area contributed by atoms with Crippen molar-refractivity contribution in [3.63, 3.8) is 0 Å². The highest BCUT2D eigenvalue weighted by Crippen LogP contribution is 2.27. The summed E-state index contributed by atoms with van der Waals surface area (Å²) >= 11 is 0. The highest BCUT2D eigenvalue weighted by Gasteiger charge is 2.16. The van der Waals surface area contributed by atoms with Gasteiger partial charge in [0, 0.05) is 12.2 Å². The number of carbonyl (C=O) groups excluding carboxylic acids is 2. The molecule has 2 aromatic rings. The molecule has 0 fully saturated rings. The first-order valence-electron chi connectivity index (χ1n) is 9.90. The van der Waals surface area contributed by atoms with Crippen molar-refractivity contribution in [3.8, 4) is 11.5 Å². The lowest BCUT2D eigenvalue weighted by Gasteiger charge is -2.16. The monoisotopic (exact) mass is 414 g/mol. The van der Waals surface area contributed by atoms with E-state index >= 15 is 0 Å². The Morgan fingerprint density at radius 1 is 0.900 bits per heavy atom. The fourth-order valence-corrected chi connectivity index (χ4v) is 3.43. The van der Waals surface area contributed by atoms with Gasteiger partial charge in [-0.15, -0.1) is 0 Å². The molecule has 0 bridgehead atoms. The summed E-state index contributed by atoms with van der Waals surface area (Å²) in [6, 6.07) is 9.59. The van der Waals surface area contributed by atoms with Crippen LogP contribution in [0.1, 0.15) is 22.3 Å². The number of carbonyl (C=O) groups is 2. The lowest BCUT2D eigenvalue weighted by molar-refractivity contribution is -0.862. The molecule has 0 aliphatic heterocycles. The van der Waals surface area contributed by atoms with Crippen molar-refractivity contribution in [2.75, 3.05) is 39.7 Å². The van der Waals surface area contributed by atoms with Crippen LogP contribution in [0.5, 0.6) is 11.5 Å². The van der Waals surface area contributed by atoms with Gasteiger partial charge in [0.25, 0.3) is 11.8 Å². The number of aryl methyl sites for hydroxylation is 3. The van der Waals surface area contributed by atoms with Gasteiger partial charge in [0.05, 0.1) is 21.3 Å². The molecule has 2 amide bonds. The maximum absolute atomic E-state index is 12.4. The normalized spacial score (nSPS) is 11.5. The maximum atomic E-state index is 12.4. The van der Waals surface area contributed by atoms with Gasteiger partial charge < -0.3 is 25.0 Å². The van der Waals surface area contributed by atoms with Crippen LogP contribution in [0, 0.1) is 20.8 Å². The Morgan fingerprint density at radius 2 is 1.50 bits per heavy atom. The third-order valence-electron chi connectivity index (χ3n) is 4.80. The summed E-state index contributed by atoms with van der Waals surface area (Å²) in [7, 11) is 4.98. The molecule has 0 saturated carbocycles. The third-order valence-corrected chi connectivity index (χ3v) is 4.80. The van der Waals surface area contributed by atoms with E-state index < -0.39 is 0 Å². The number of ether oxygens (including phenoxy) is 2. The van der Waals surface area contributed by atoms with Crippen LogP contribution in [-0.2, 0) is 16.1 Å². The Labute approximate surface area is 178 Å². The SMILES string of the molecule is COc1ccc(CNC(=O)C[NH+](C)CC(=O)Nc2c(C)cc(C)cc2C)cc1OC. The quantitative estimate of drug-likeness (QED) is 0.579. The van der Waals surface area contributed by atoms with Gasteiger partial charge in [-0.25, -0.2) is 0 Å². The highest BCUT2D eigenvalue weighted by atomic mass is 16.5. The van der Waals surface area contributed by atoms with Crippen LogP contribution >= 0.6 is 0 Å². The van der Waals surface area contributed by atoms with Crippen LogP contribution in [0.15, 0.2) is 30.3 Å². The number of nitrogens with one attached hydrogen (secondary N) is 3. The minimum absolute atomic E-state index is 0.116. The molecule has 7 nitrogen and oxygen atoms in total. The van der Waals surface area contributed by atoms with Crippen molar-refractivity contribution in [2.45, 2.75) is 27.3 Å². The molecule has 0 aliphatic carbocycles. The van der Waals surface area contributed by atoms with E-state index in [1.165, 1.54) is 0 Å². The van der Waals surface area contributed by atoms with E-state index in [0.29, 0.717) is 18.0 Å². The molecular weight excluding hydrogens is 382 g/mol. The van der Waals surface area contributed by atoms with E-state index in [1.54, 1.807) is 20.3 Å².